The maximum Gasteiger partial charge on any atom is 0.243 e. The Kier molecular flexibility index (Phi) is 7.82. The van der Waals surface area contributed by atoms with E-state index in [2.05, 4.69) is 11.9 Å². The molecule has 1 unspecified atom stereocenters. The van der Waals surface area contributed by atoms with Crippen LogP contribution in [0, 0.1) is 0 Å². The molecule has 1 heterocycles. The van der Waals surface area contributed by atoms with Crippen molar-refractivity contribution in [2.75, 3.05) is 7.11 Å². The minimum absolute atomic E-state index is 0.0397. The minimum atomic E-state index is -3.86. The van der Waals surface area contributed by atoms with Gasteiger partial charge in [0.05, 0.1) is 12.8 Å². The van der Waals surface area contributed by atoms with Crippen molar-refractivity contribution < 1.29 is 13.2 Å². The average Bonchev–Trinajstić information content (AvgIpc) is 2.49. The molecule has 0 aliphatic rings. The lowest BCUT2D eigenvalue weighted by Crippen LogP contribution is -2.18. The zero-order valence-electron chi connectivity index (χ0n) is 13.8. The number of ether oxygens (including phenoxy) is 1. The number of sulfonamides is 1. The first-order valence-corrected chi connectivity index (χ1v) is 9.56. The molecule has 0 spiro atoms. The van der Waals surface area contributed by atoms with E-state index in [1.54, 1.807) is 6.20 Å². The van der Waals surface area contributed by atoms with E-state index in [1.807, 2.05) is 6.92 Å². The summed E-state index contributed by atoms with van der Waals surface area (Å²) in [4.78, 5) is 4.34. The quantitative estimate of drug-likeness (QED) is 0.665. The highest BCUT2D eigenvalue weighted by Gasteiger charge is 2.25. The molecule has 0 radical (unpaired) electrons. The largest absolute Gasteiger partial charge is 0.495 e. The van der Waals surface area contributed by atoms with Crippen LogP contribution in [0.25, 0.3) is 0 Å². The Bertz CT molecular complexity index is 559. The minimum Gasteiger partial charge on any atom is -0.495 e. The normalized spacial score (nSPS) is 13.1. The van der Waals surface area contributed by atoms with Gasteiger partial charge in [0.1, 0.15) is 10.6 Å². The van der Waals surface area contributed by atoms with E-state index >= 15 is 0 Å². The topological polar surface area (TPSA) is 82.3 Å². The molecule has 0 aliphatic heterocycles. The van der Waals surface area contributed by atoms with Crippen LogP contribution < -0.4 is 9.88 Å². The monoisotopic (exact) mass is 328 g/mol. The molecule has 1 atom stereocenters. The van der Waals surface area contributed by atoms with E-state index in [0.29, 0.717) is 5.69 Å². The maximum absolute atomic E-state index is 11.9. The Hall–Kier alpha value is -1.14. The Morgan fingerprint density at radius 3 is 2.45 bits per heavy atom. The molecule has 0 aromatic carbocycles. The summed E-state index contributed by atoms with van der Waals surface area (Å²) in [6.45, 7) is 4.23. The highest BCUT2D eigenvalue weighted by molar-refractivity contribution is 7.89. The van der Waals surface area contributed by atoms with Crippen molar-refractivity contribution in [3.05, 3.63) is 18.0 Å². The van der Waals surface area contributed by atoms with Crippen molar-refractivity contribution in [3.63, 3.8) is 0 Å². The van der Waals surface area contributed by atoms with Gasteiger partial charge in [0.2, 0.25) is 10.0 Å². The zero-order valence-corrected chi connectivity index (χ0v) is 14.7. The van der Waals surface area contributed by atoms with Crippen molar-refractivity contribution in [2.45, 2.75) is 69.6 Å². The molecule has 0 saturated carbocycles. The zero-order chi connectivity index (χ0) is 16.6. The van der Waals surface area contributed by atoms with Crippen molar-refractivity contribution in [1.29, 1.82) is 0 Å². The van der Waals surface area contributed by atoms with Gasteiger partial charge >= 0.3 is 0 Å². The second-order valence-electron chi connectivity index (χ2n) is 5.58. The summed E-state index contributed by atoms with van der Waals surface area (Å²) in [6, 6.07) is 1.54. The van der Waals surface area contributed by atoms with E-state index in [-0.39, 0.29) is 16.6 Å². The number of unbranched alkanes of at least 4 members (excludes halogenated alkanes) is 4. The molecule has 6 heteroatoms. The van der Waals surface area contributed by atoms with E-state index in [9.17, 15) is 8.42 Å². The van der Waals surface area contributed by atoms with Gasteiger partial charge in [0, 0.05) is 12.1 Å². The van der Waals surface area contributed by atoms with Crippen molar-refractivity contribution in [1.82, 2.24) is 4.98 Å². The van der Waals surface area contributed by atoms with Crippen molar-refractivity contribution >= 4 is 10.0 Å². The summed E-state index contributed by atoms with van der Waals surface area (Å²) in [5.74, 6) is 0.363. The van der Waals surface area contributed by atoms with Crippen LogP contribution >= 0.6 is 0 Å². The molecule has 126 valence electrons. The SMILES string of the molecule is CCCCCCCC(CC)c1nccc(OC)c1S(N)(=O)=O. The number of methoxy groups -OCH3 is 1. The summed E-state index contributed by atoms with van der Waals surface area (Å²) in [5.41, 5.74) is 0.542. The van der Waals surface area contributed by atoms with E-state index in [4.69, 9.17) is 9.88 Å². The van der Waals surface area contributed by atoms with Crippen LogP contribution in [0.4, 0.5) is 0 Å². The lowest BCUT2D eigenvalue weighted by Gasteiger charge is -2.18. The van der Waals surface area contributed by atoms with Gasteiger partial charge in [-0.2, -0.15) is 0 Å². The van der Waals surface area contributed by atoms with Crippen LogP contribution in [0.5, 0.6) is 5.75 Å². The number of primary sulfonamides is 1. The first kappa shape index (κ1) is 18.9. The molecule has 0 fully saturated rings. The highest BCUT2D eigenvalue weighted by atomic mass is 32.2. The molecular weight excluding hydrogens is 300 g/mol. The molecule has 0 saturated heterocycles. The fourth-order valence-corrected chi connectivity index (χ4v) is 3.65. The third-order valence-corrected chi connectivity index (χ3v) is 4.92. The first-order valence-electron chi connectivity index (χ1n) is 8.01. The number of pyridine rings is 1. The summed E-state index contributed by atoms with van der Waals surface area (Å²) in [6.07, 6.45) is 9.25. The second-order valence-corrected chi connectivity index (χ2v) is 7.08. The molecule has 0 bridgehead atoms. The number of nitrogens with two attached hydrogens (primary N) is 1. The number of hydrogen-bond acceptors (Lipinski definition) is 4. The molecule has 5 nitrogen and oxygen atoms in total. The molecule has 22 heavy (non-hydrogen) atoms. The number of rotatable bonds is 10. The fourth-order valence-electron chi connectivity index (χ4n) is 2.71. The molecule has 0 amide bonds. The summed E-state index contributed by atoms with van der Waals surface area (Å²) < 4.78 is 29.0. The highest BCUT2D eigenvalue weighted by Crippen LogP contribution is 2.33. The number of aromatic nitrogens is 1. The van der Waals surface area contributed by atoms with Gasteiger partial charge in [-0.15, -0.1) is 0 Å². The van der Waals surface area contributed by atoms with Crippen LogP contribution in [-0.4, -0.2) is 20.5 Å². The van der Waals surface area contributed by atoms with Gasteiger partial charge in [-0.1, -0.05) is 46.0 Å². The Labute approximate surface area is 134 Å². The van der Waals surface area contributed by atoms with E-state index in [1.165, 1.54) is 38.9 Å². The molecule has 1 rings (SSSR count). The number of hydrogen-bond donors (Lipinski definition) is 1. The standard InChI is InChI=1S/C16H28N2O3S/c1-4-6-7-8-9-10-13(5-2)15-16(22(17,19)20)14(21-3)11-12-18-15/h11-13H,4-10H2,1-3H3,(H2,17,19,20). The predicted molar refractivity (Wildman–Crippen MR) is 88.6 cm³/mol. The van der Waals surface area contributed by atoms with Gasteiger partial charge in [0.25, 0.3) is 0 Å². The van der Waals surface area contributed by atoms with E-state index < -0.39 is 10.0 Å². The van der Waals surface area contributed by atoms with Crippen LogP contribution in [-0.2, 0) is 10.0 Å². The van der Waals surface area contributed by atoms with E-state index in [0.717, 1.165) is 19.3 Å². The average molecular weight is 328 g/mol. The molecule has 2 N–H and O–H groups in total. The smallest absolute Gasteiger partial charge is 0.243 e. The Morgan fingerprint density at radius 2 is 1.91 bits per heavy atom. The second kappa shape index (κ2) is 9.10. The Morgan fingerprint density at radius 1 is 1.23 bits per heavy atom. The van der Waals surface area contributed by atoms with Gasteiger partial charge in [-0.3, -0.25) is 4.98 Å². The third kappa shape index (κ3) is 5.25. The summed E-state index contributed by atoms with van der Waals surface area (Å²) in [5, 5.41) is 5.37. The van der Waals surface area contributed by atoms with Crippen molar-refractivity contribution in [2.24, 2.45) is 5.14 Å². The summed E-state index contributed by atoms with van der Waals surface area (Å²) >= 11 is 0. The van der Waals surface area contributed by atoms with Crippen molar-refractivity contribution in [3.8, 4) is 5.75 Å². The fraction of sp³-hybridized carbons (Fsp3) is 0.688. The van der Waals surface area contributed by atoms with Gasteiger partial charge in [0.15, 0.2) is 0 Å². The summed E-state index contributed by atoms with van der Waals surface area (Å²) in [7, 11) is -2.41. The molecule has 1 aromatic heterocycles. The first-order chi connectivity index (χ1) is 10.5. The number of nitrogens with zero attached hydrogens (tertiary/aromatic N) is 1. The molecular formula is C16H28N2O3S. The predicted octanol–water partition coefficient (Wildman–Crippen LogP) is 3.59. The van der Waals surface area contributed by atoms with Crippen LogP contribution in [0.15, 0.2) is 17.2 Å². The Balaban J connectivity index is 2.97. The van der Waals surface area contributed by atoms with Crippen LogP contribution in [0.2, 0.25) is 0 Å². The third-order valence-electron chi connectivity index (χ3n) is 3.94. The lowest BCUT2D eigenvalue weighted by atomic mass is 9.94. The van der Waals surface area contributed by atoms with Gasteiger partial charge < -0.3 is 4.74 Å². The van der Waals surface area contributed by atoms with Gasteiger partial charge in [-0.05, 0) is 18.9 Å². The maximum atomic E-state index is 11.9. The van der Waals surface area contributed by atoms with Crippen LogP contribution in [0.1, 0.15) is 70.4 Å². The molecule has 0 aliphatic carbocycles. The van der Waals surface area contributed by atoms with Crippen LogP contribution in [0.3, 0.4) is 0 Å². The van der Waals surface area contributed by atoms with Gasteiger partial charge in [-0.25, -0.2) is 13.6 Å². The molecule has 1 aromatic rings. The lowest BCUT2D eigenvalue weighted by molar-refractivity contribution is 0.397.